The Morgan fingerprint density at radius 1 is 0.857 bits per heavy atom. The number of aromatic hydroxyl groups is 2. The highest BCUT2D eigenvalue weighted by Crippen LogP contribution is 2.38. The van der Waals surface area contributed by atoms with E-state index in [0.717, 1.165) is 42.4 Å². The third kappa shape index (κ3) is 4.38. The van der Waals surface area contributed by atoms with Crippen LogP contribution in [-0.2, 0) is 12.8 Å². The molecule has 116 valence electrons. The van der Waals surface area contributed by atoms with Crippen molar-refractivity contribution in [3.8, 4) is 11.5 Å². The molecule has 0 saturated heterocycles. The topological polar surface area (TPSA) is 40.5 Å². The van der Waals surface area contributed by atoms with Crippen molar-refractivity contribution in [2.75, 3.05) is 0 Å². The Morgan fingerprint density at radius 3 is 1.95 bits per heavy atom. The molecule has 0 spiro atoms. The molecule has 2 heteroatoms. The number of hydrogen-bond acceptors (Lipinski definition) is 2. The molecule has 1 aromatic rings. The number of allylic oxidation sites excluding steroid dienone is 4. The minimum absolute atomic E-state index is 0.250. The zero-order valence-electron chi connectivity index (χ0n) is 13.7. The Hall–Kier alpha value is -1.70. The molecular weight excluding hydrogens is 260 g/mol. The van der Waals surface area contributed by atoms with Crippen molar-refractivity contribution in [3.63, 3.8) is 0 Å². The fourth-order valence-corrected chi connectivity index (χ4v) is 2.63. The zero-order chi connectivity index (χ0) is 15.8. The number of phenols is 2. The van der Waals surface area contributed by atoms with Gasteiger partial charge in [0.1, 0.15) is 11.5 Å². The van der Waals surface area contributed by atoms with E-state index in [1.165, 1.54) is 0 Å². The summed E-state index contributed by atoms with van der Waals surface area (Å²) in [5, 5.41) is 20.7. The summed E-state index contributed by atoms with van der Waals surface area (Å²) in [7, 11) is 0. The van der Waals surface area contributed by atoms with E-state index in [0.29, 0.717) is 12.0 Å². The fourth-order valence-electron chi connectivity index (χ4n) is 2.63. The van der Waals surface area contributed by atoms with Crippen molar-refractivity contribution in [1.82, 2.24) is 0 Å². The number of phenolic OH excluding ortho intramolecular Hbond substituents is 2. The first kappa shape index (κ1) is 17.4. The van der Waals surface area contributed by atoms with E-state index < -0.39 is 0 Å². The lowest BCUT2D eigenvalue weighted by Crippen LogP contribution is -1.99. The molecule has 0 atom stereocenters. The molecular formula is C19H28O2. The predicted molar refractivity (Wildman–Crippen MR) is 90.1 cm³/mol. The lowest BCUT2D eigenvalue weighted by Gasteiger charge is -2.17. The molecule has 0 heterocycles. The highest BCUT2D eigenvalue weighted by Gasteiger charge is 2.17. The van der Waals surface area contributed by atoms with Crippen LogP contribution < -0.4 is 0 Å². The lowest BCUT2D eigenvalue weighted by atomic mass is 9.92. The molecule has 0 unspecified atom stereocenters. The minimum Gasteiger partial charge on any atom is -0.507 e. The summed E-state index contributed by atoms with van der Waals surface area (Å²) in [5.41, 5.74) is 3.54. The molecule has 0 amide bonds. The molecule has 0 radical (unpaired) electrons. The number of unbranched alkanes of at least 4 members (excludes halogenated alkanes) is 1. The monoisotopic (exact) mass is 288 g/mol. The van der Waals surface area contributed by atoms with Gasteiger partial charge in [0, 0.05) is 5.56 Å². The van der Waals surface area contributed by atoms with Crippen LogP contribution in [0.25, 0.3) is 0 Å². The highest BCUT2D eigenvalue weighted by molar-refractivity contribution is 5.58. The van der Waals surface area contributed by atoms with Gasteiger partial charge in [-0.15, -0.1) is 0 Å². The Morgan fingerprint density at radius 2 is 1.43 bits per heavy atom. The van der Waals surface area contributed by atoms with Gasteiger partial charge in [0.2, 0.25) is 0 Å². The summed E-state index contributed by atoms with van der Waals surface area (Å²) >= 11 is 0. The number of hydrogen-bond donors (Lipinski definition) is 2. The van der Waals surface area contributed by atoms with Gasteiger partial charge in [0.25, 0.3) is 0 Å². The minimum atomic E-state index is 0.250. The number of benzene rings is 1. The molecule has 0 aliphatic heterocycles. The number of rotatable bonds is 7. The van der Waals surface area contributed by atoms with Crippen LogP contribution in [0.1, 0.15) is 55.4 Å². The molecule has 0 aliphatic rings. The lowest BCUT2D eigenvalue weighted by molar-refractivity contribution is 0.433. The molecule has 21 heavy (non-hydrogen) atoms. The van der Waals surface area contributed by atoms with Crippen LogP contribution in [0.2, 0.25) is 0 Å². The average molecular weight is 288 g/mol. The van der Waals surface area contributed by atoms with E-state index in [4.69, 9.17) is 0 Å². The molecule has 2 nitrogen and oxygen atoms in total. The Bertz CT molecular complexity index is 496. The van der Waals surface area contributed by atoms with Crippen LogP contribution in [0.3, 0.4) is 0 Å². The van der Waals surface area contributed by atoms with Gasteiger partial charge in [0.05, 0.1) is 0 Å². The second-order valence-corrected chi connectivity index (χ2v) is 5.48. The summed E-state index contributed by atoms with van der Waals surface area (Å²) in [6.45, 7) is 8.00. The molecule has 0 aliphatic carbocycles. The predicted octanol–water partition coefficient (Wildman–Crippen LogP) is 5.12. The van der Waals surface area contributed by atoms with E-state index in [1.807, 2.05) is 32.9 Å². The van der Waals surface area contributed by atoms with Crippen LogP contribution in [0.4, 0.5) is 0 Å². The normalized spacial score (nSPS) is 11.8. The Kier molecular flexibility index (Phi) is 7.07. The molecule has 0 aromatic heterocycles. The van der Waals surface area contributed by atoms with E-state index in [1.54, 1.807) is 0 Å². The van der Waals surface area contributed by atoms with Gasteiger partial charge in [-0.3, -0.25) is 0 Å². The SMILES string of the molecule is CC=CCCC=CCc1c(O)c(C)c(CCC)c(C)c1O. The molecule has 2 N–H and O–H groups in total. The van der Waals surface area contributed by atoms with Crippen molar-refractivity contribution in [1.29, 1.82) is 0 Å². The molecule has 0 saturated carbocycles. The van der Waals surface area contributed by atoms with Crippen molar-refractivity contribution in [2.45, 2.75) is 59.8 Å². The average Bonchev–Trinajstić information content (AvgIpc) is 2.48. The molecule has 0 bridgehead atoms. The summed E-state index contributed by atoms with van der Waals surface area (Å²) in [6, 6.07) is 0. The largest absolute Gasteiger partial charge is 0.507 e. The van der Waals surface area contributed by atoms with Crippen LogP contribution in [0.15, 0.2) is 24.3 Å². The second-order valence-electron chi connectivity index (χ2n) is 5.48. The van der Waals surface area contributed by atoms with Crippen molar-refractivity contribution >= 4 is 0 Å². The van der Waals surface area contributed by atoms with Crippen molar-refractivity contribution in [2.24, 2.45) is 0 Å². The van der Waals surface area contributed by atoms with Crippen LogP contribution >= 0.6 is 0 Å². The maximum atomic E-state index is 10.3. The van der Waals surface area contributed by atoms with E-state index in [9.17, 15) is 10.2 Å². The van der Waals surface area contributed by atoms with Gasteiger partial charge >= 0.3 is 0 Å². The Labute approximate surface area is 128 Å². The standard InChI is InChI=1S/C19H28O2/c1-5-7-8-9-10-11-13-17-18(20)14(3)16(12-6-2)15(4)19(17)21/h5,7,10-11,20-21H,6,8-9,12-13H2,1-4H3. The smallest absolute Gasteiger partial charge is 0.125 e. The third-order valence-electron chi connectivity index (χ3n) is 3.91. The summed E-state index contributed by atoms with van der Waals surface area (Å²) in [6.07, 6.45) is 12.8. The van der Waals surface area contributed by atoms with Gasteiger partial charge in [-0.1, -0.05) is 37.6 Å². The first-order valence-electron chi connectivity index (χ1n) is 7.83. The first-order valence-corrected chi connectivity index (χ1v) is 7.83. The van der Waals surface area contributed by atoms with E-state index in [2.05, 4.69) is 19.1 Å². The maximum absolute atomic E-state index is 10.3. The van der Waals surface area contributed by atoms with E-state index >= 15 is 0 Å². The fraction of sp³-hybridized carbons (Fsp3) is 0.474. The molecule has 0 fully saturated rings. The second kappa shape index (κ2) is 8.56. The van der Waals surface area contributed by atoms with Crippen molar-refractivity contribution in [3.05, 3.63) is 46.6 Å². The summed E-state index contributed by atoms with van der Waals surface area (Å²) in [4.78, 5) is 0. The quantitative estimate of drug-likeness (QED) is 0.540. The van der Waals surface area contributed by atoms with Gasteiger partial charge in [-0.2, -0.15) is 0 Å². The van der Waals surface area contributed by atoms with Crippen molar-refractivity contribution < 1.29 is 10.2 Å². The van der Waals surface area contributed by atoms with Crippen LogP contribution in [0.5, 0.6) is 11.5 Å². The Balaban J connectivity index is 2.93. The molecule has 1 aromatic carbocycles. The highest BCUT2D eigenvalue weighted by atomic mass is 16.3. The summed E-state index contributed by atoms with van der Waals surface area (Å²) in [5.74, 6) is 0.499. The van der Waals surface area contributed by atoms with E-state index in [-0.39, 0.29) is 11.5 Å². The first-order chi connectivity index (χ1) is 10.0. The van der Waals surface area contributed by atoms with Crippen LogP contribution in [0, 0.1) is 13.8 Å². The van der Waals surface area contributed by atoms with Gasteiger partial charge < -0.3 is 10.2 Å². The van der Waals surface area contributed by atoms with Gasteiger partial charge in [-0.05, 0) is 63.1 Å². The maximum Gasteiger partial charge on any atom is 0.125 e. The summed E-state index contributed by atoms with van der Waals surface area (Å²) < 4.78 is 0. The zero-order valence-corrected chi connectivity index (χ0v) is 13.7. The molecule has 1 rings (SSSR count). The van der Waals surface area contributed by atoms with Crippen LogP contribution in [-0.4, -0.2) is 10.2 Å². The van der Waals surface area contributed by atoms with Gasteiger partial charge in [-0.25, -0.2) is 0 Å². The third-order valence-corrected chi connectivity index (χ3v) is 3.91. The van der Waals surface area contributed by atoms with Gasteiger partial charge in [0.15, 0.2) is 0 Å².